The molecule has 0 N–H and O–H groups in total. The molecule has 0 heterocycles. The number of hydrogen-bond acceptors (Lipinski definition) is 0. The van der Waals surface area contributed by atoms with Crippen molar-refractivity contribution >= 4 is 0 Å². The molecule has 0 aliphatic heterocycles. The fraction of sp³-hybridized carbons (Fsp3) is 0.600. The zero-order valence-electron chi connectivity index (χ0n) is 13.0. The molecule has 1 rings (SSSR count). The molecule has 16 heavy (non-hydrogen) atoms. The van der Waals surface area contributed by atoms with E-state index < -0.39 is 0 Å². The first-order valence-electron chi connectivity index (χ1n) is 6.06. The molecule has 1 aromatic carbocycles. The van der Waals surface area contributed by atoms with Gasteiger partial charge in [-0.15, -0.1) is 0 Å². The first-order chi connectivity index (χ1) is 6.91. The summed E-state index contributed by atoms with van der Waals surface area (Å²) >= 11 is 0. The molecule has 0 bridgehead atoms. The Labute approximate surface area is 114 Å². The van der Waals surface area contributed by atoms with E-state index in [4.69, 9.17) is 0 Å². The Morgan fingerprint density at radius 1 is 0.625 bits per heavy atom. The molecule has 0 atom stereocenters. The van der Waals surface area contributed by atoms with Crippen molar-refractivity contribution in [3.05, 3.63) is 34.9 Å². The van der Waals surface area contributed by atoms with Gasteiger partial charge in [0.25, 0.3) is 0 Å². The van der Waals surface area contributed by atoms with Crippen LogP contribution in [0.3, 0.4) is 0 Å². The van der Waals surface area contributed by atoms with E-state index in [0.717, 1.165) is 0 Å². The van der Waals surface area contributed by atoms with Crippen LogP contribution in [0, 0.1) is 0 Å². The van der Waals surface area contributed by atoms with Gasteiger partial charge in [-0.1, -0.05) is 59.7 Å². The van der Waals surface area contributed by atoms with Gasteiger partial charge in [0.1, 0.15) is 0 Å². The van der Waals surface area contributed by atoms with Crippen molar-refractivity contribution in [2.45, 2.75) is 59.3 Å². The SMILES string of the molecule is CC(C)c1cc(C(C)C)cc(C(C)C)c1.[H-].[Li+]. The van der Waals surface area contributed by atoms with Gasteiger partial charge in [0.15, 0.2) is 0 Å². The molecule has 0 nitrogen and oxygen atoms in total. The average molecular weight is 212 g/mol. The van der Waals surface area contributed by atoms with E-state index >= 15 is 0 Å². The van der Waals surface area contributed by atoms with E-state index in [1.54, 1.807) is 0 Å². The maximum atomic E-state index is 2.36. The standard InChI is InChI=1S/C15H24.Li.H/c1-10(2)13-7-14(11(3)4)9-15(8-13)12(5)6;;/h7-12H,1-6H3;;/q;+1;-1. The average Bonchev–Trinajstić information content (AvgIpc) is 2.16. The summed E-state index contributed by atoms with van der Waals surface area (Å²) in [6.45, 7) is 13.6. The first kappa shape index (κ1) is 15.8. The molecule has 0 aromatic heterocycles. The summed E-state index contributed by atoms with van der Waals surface area (Å²) < 4.78 is 0. The Morgan fingerprint density at radius 3 is 0.938 bits per heavy atom. The second kappa shape index (κ2) is 6.53. The Balaban J connectivity index is 0. The minimum absolute atomic E-state index is 0. The van der Waals surface area contributed by atoms with Crippen LogP contribution in [0.2, 0.25) is 0 Å². The maximum absolute atomic E-state index is 2.36. The normalized spacial score (nSPS) is 11.1. The van der Waals surface area contributed by atoms with Crippen LogP contribution in [0.25, 0.3) is 0 Å². The van der Waals surface area contributed by atoms with Gasteiger partial charge >= 0.3 is 18.9 Å². The number of benzene rings is 1. The van der Waals surface area contributed by atoms with Gasteiger partial charge in [-0.05, 0) is 34.4 Å². The second-order valence-corrected chi connectivity index (χ2v) is 5.40. The molecule has 0 fully saturated rings. The Hall–Kier alpha value is -0.183. The summed E-state index contributed by atoms with van der Waals surface area (Å²) in [4.78, 5) is 0. The predicted molar refractivity (Wildman–Crippen MR) is 69.8 cm³/mol. The maximum Gasteiger partial charge on any atom is 1.00 e. The Kier molecular flexibility index (Phi) is 6.45. The van der Waals surface area contributed by atoms with Crippen LogP contribution in [0.4, 0.5) is 0 Å². The monoisotopic (exact) mass is 212 g/mol. The summed E-state index contributed by atoms with van der Waals surface area (Å²) in [5.74, 6) is 1.88. The molecule has 86 valence electrons. The van der Waals surface area contributed by atoms with E-state index in [1.807, 2.05) is 0 Å². The van der Waals surface area contributed by atoms with E-state index in [9.17, 15) is 0 Å². The molecule has 1 aromatic rings. The minimum atomic E-state index is 0. The fourth-order valence-corrected chi connectivity index (χ4v) is 1.70. The van der Waals surface area contributed by atoms with Gasteiger partial charge in [-0.3, -0.25) is 0 Å². The molecule has 0 spiro atoms. The van der Waals surface area contributed by atoms with Crippen LogP contribution in [0.5, 0.6) is 0 Å². The van der Waals surface area contributed by atoms with Crippen molar-refractivity contribution in [3.63, 3.8) is 0 Å². The van der Waals surface area contributed by atoms with E-state index in [0.29, 0.717) is 17.8 Å². The third-order valence-electron chi connectivity index (χ3n) is 3.00. The fourth-order valence-electron chi connectivity index (χ4n) is 1.70. The van der Waals surface area contributed by atoms with Crippen LogP contribution < -0.4 is 18.9 Å². The van der Waals surface area contributed by atoms with Gasteiger partial charge < -0.3 is 1.43 Å². The van der Waals surface area contributed by atoms with Crippen molar-refractivity contribution in [3.8, 4) is 0 Å². The molecule has 0 saturated heterocycles. The van der Waals surface area contributed by atoms with Gasteiger partial charge in [0.2, 0.25) is 0 Å². The molecule has 0 saturated carbocycles. The van der Waals surface area contributed by atoms with Crippen molar-refractivity contribution in [1.82, 2.24) is 0 Å². The summed E-state index contributed by atoms with van der Waals surface area (Å²) in [6.07, 6.45) is 0. The van der Waals surface area contributed by atoms with Gasteiger partial charge in [0, 0.05) is 0 Å². The number of rotatable bonds is 3. The van der Waals surface area contributed by atoms with Gasteiger partial charge in [-0.25, -0.2) is 0 Å². The quantitative estimate of drug-likeness (QED) is 0.674. The zero-order valence-corrected chi connectivity index (χ0v) is 12.0. The van der Waals surface area contributed by atoms with E-state index in [2.05, 4.69) is 59.7 Å². The molecule has 0 unspecified atom stereocenters. The summed E-state index contributed by atoms with van der Waals surface area (Å²) in [5, 5.41) is 0. The molecule has 0 radical (unpaired) electrons. The summed E-state index contributed by atoms with van der Waals surface area (Å²) in [6, 6.07) is 7.09. The van der Waals surface area contributed by atoms with Crippen LogP contribution in [-0.2, 0) is 0 Å². The van der Waals surface area contributed by atoms with Crippen LogP contribution in [-0.4, -0.2) is 0 Å². The summed E-state index contributed by atoms with van der Waals surface area (Å²) in [5.41, 5.74) is 4.43. The van der Waals surface area contributed by atoms with Crippen molar-refractivity contribution < 1.29 is 20.3 Å². The van der Waals surface area contributed by atoms with Crippen LogP contribution >= 0.6 is 0 Å². The molecule has 0 aliphatic carbocycles. The smallest absolute Gasteiger partial charge is 1.00 e. The number of hydrogen-bond donors (Lipinski definition) is 0. The molecule has 1 heteroatoms. The minimum Gasteiger partial charge on any atom is -1.00 e. The predicted octanol–water partition coefficient (Wildman–Crippen LogP) is 2.17. The topological polar surface area (TPSA) is 0 Å². The molecular weight excluding hydrogens is 187 g/mol. The van der Waals surface area contributed by atoms with Crippen LogP contribution in [0.1, 0.15) is 77.4 Å². The van der Waals surface area contributed by atoms with Crippen molar-refractivity contribution in [2.75, 3.05) is 0 Å². The van der Waals surface area contributed by atoms with Crippen LogP contribution in [0.15, 0.2) is 18.2 Å². The third-order valence-corrected chi connectivity index (χ3v) is 3.00. The van der Waals surface area contributed by atoms with Gasteiger partial charge in [-0.2, -0.15) is 0 Å². The zero-order chi connectivity index (χ0) is 11.6. The van der Waals surface area contributed by atoms with Crippen molar-refractivity contribution in [1.29, 1.82) is 0 Å². The van der Waals surface area contributed by atoms with E-state index in [-0.39, 0.29) is 20.3 Å². The van der Waals surface area contributed by atoms with Gasteiger partial charge in [0.05, 0.1) is 0 Å². The summed E-state index contributed by atoms with van der Waals surface area (Å²) in [7, 11) is 0. The molecule has 0 amide bonds. The Bertz CT molecular complexity index is 265. The third kappa shape index (κ3) is 4.00. The second-order valence-electron chi connectivity index (χ2n) is 5.40. The van der Waals surface area contributed by atoms with E-state index in [1.165, 1.54) is 16.7 Å². The van der Waals surface area contributed by atoms with Crippen molar-refractivity contribution in [2.24, 2.45) is 0 Å². The largest absolute Gasteiger partial charge is 1.00 e. The Morgan fingerprint density at radius 2 is 0.812 bits per heavy atom. The molecular formula is C15H25Li. The molecule has 0 aliphatic rings. The first-order valence-corrected chi connectivity index (χ1v) is 6.06.